The van der Waals surface area contributed by atoms with Gasteiger partial charge in [0, 0.05) is 25.8 Å². The molecule has 1 fully saturated rings. The molecule has 0 saturated carbocycles. The fourth-order valence-electron chi connectivity index (χ4n) is 3.40. The maximum absolute atomic E-state index is 13.2. The SMILES string of the molecule is Cc1cc(C(=O)N(Cc2ccc3c(c2)OCO3)C[C@H]2COC(C)(C)O2)nn1C. The summed E-state index contributed by atoms with van der Waals surface area (Å²) in [6, 6.07) is 7.50. The van der Waals surface area contributed by atoms with E-state index < -0.39 is 5.79 Å². The molecular formula is C20H25N3O5. The number of hydrogen-bond donors (Lipinski definition) is 0. The van der Waals surface area contributed by atoms with Gasteiger partial charge in [-0.3, -0.25) is 9.48 Å². The third-order valence-corrected chi connectivity index (χ3v) is 4.92. The first-order valence-corrected chi connectivity index (χ1v) is 9.31. The second-order valence-electron chi connectivity index (χ2n) is 7.62. The molecule has 2 aliphatic rings. The molecule has 2 aromatic rings. The van der Waals surface area contributed by atoms with Gasteiger partial charge in [-0.15, -0.1) is 0 Å². The van der Waals surface area contributed by atoms with Crippen LogP contribution in [0.4, 0.5) is 0 Å². The van der Waals surface area contributed by atoms with Crippen molar-refractivity contribution in [3.05, 3.63) is 41.2 Å². The molecule has 1 amide bonds. The Hall–Kier alpha value is -2.58. The van der Waals surface area contributed by atoms with Crippen molar-refractivity contribution in [1.82, 2.24) is 14.7 Å². The number of carbonyl (C=O) groups excluding carboxylic acids is 1. The number of ether oxygens (including phenoxy) is 4. The monoisotopic (exact) mass is 387 g/mol. The van der Waals surface area contributed by atoms with Crippen molar-refractivity contribution >= 4 is 5.91 Å². The Kier molecular flexibility index (Phi) is 4.76. The lowest BCUT2D eigenvalue weighted by Crippen LogP contribution is -2.39. The number of rotatable bonds is 5. The largest absolute Gasteiger partial charge is 0.454 e. The molecule has 4 rings (SSSR count). The molecular weight excluding hydrogens is 362 g/mol. The Bertz CT molecular complexity index is 872. The van der Waals surface area contributed by atoms with E-state index in [1.807, 2.05) is 46.0 Å². The van der Waals surface area contributed by atoms with Crippen molar-refractivity contribution in [2.75, 3.05) is 19.9 Å². The van der Waals surface area contributed by atoms with E-state index in [4.69, 9.17) is 18.9 Å². The van der Waals surface area contributed by atoms with E-state index in [-0.39, 0.29) is 18.8 Å². The fourth-order valence-corrected chi connectivity index (χ4v) is 3.40. The highest BCUT2D eigenvalue weighted by molar-refractivity contribution is 5.92. The number of hydrogen-bond acceptors (Lipinski definition) is 6. The smallest absolute Gasteiger partial charge is 0.274 e. The minimum atomic E-state index is -0.639. The summed E-state index contributed by atoms with van der Waals surface area (Å²) in [4.78, 5) is 14.9. The first kappa shape index (κ1) is 18.8. The molecule has 0 bridgehead atoms. The summed E-state index contributed by atoms with van der Waals surface area (Å²) in [5, 5.41) is 4.34. The molecule has 0 spiro atoms. The van der Waals surface area contributed by atoms with Crippen molar-refractivity contribution in [2.45, 2.75) is 39.2 Å². The average molecular weight is 387 g/mol. The molecule has 8 heteroatoms. The lowest BCUT2D eigenvalue weighted by atomic mass is 10.1. The van der Waals surface area contributed by atoms with Crippen LogP contribution in [0.3, 0.4) is 0 Å². The van der Waals surface area contributed by atoms with Crippen LogP contribution in [0, 0.1) is 6.92 Å². The zero-order chi connectivity index (χ0) is 19.9. The zero-order valence-electron chi connectivity index (χ0n) is 16.6. The van der Waals surface area contributed by atoms with Crippen LogP contribution in [0.2, 0.25) is 0 Å². The van der Waals surface area contributed by atoms with Gasteiger partial charge in [-0.1, -0.05) is 6.07 Å². The first-order chi connectivity index (χ1) is 13.3. The van der Waals surface area contributed by atoms with Crippen LogP contribution >= 0.6 is 0 Å². The molecule has 0 N–H and O–H groups in total. The van der Waals surface area contributed by atoms with Gasteiger partial charge in [0.1, 0.15) is 6.10 Å². The molecule has 1 saturated heterocycles. The van der Waals surface area contributed by atoms with Gasteiger partial charge < -0.3 is 23.8 Å². The predicted molar refractivity (Wildman–Crippen MR) is 100 cm³/mol. The van der Waals surface area contributed by atoms with Crippen LogP contribution in [0.25, 0.3) is 0 Å². The molecule has 3 heterocycles. The Morgan fingerprint density at radius 3 is 2.75 bits per heavy atom. The van der Waals surface area contributed by atoms with Gasteiger partial charge in [-0.05, 0) is 44.5 Å². The lowest BCUT2D eigenvalue weighted by molar-refractivity contribution is -0.139. The summed E-state index contributed by atoms with van der Waals surface area (Å²) >= 11 is 0. The third-order valence-electron chi connectivity index (χ3n) is 4.92. The highest BCUT2D eigenvalue weighted by atomic mass is 16.7. The molecule has 8 nitrogen and oxygen atoms in total. The molecule has 0 unspecified atom stereocenters. The van der Waals surface area contributed by atoms with Gasteiger partial charge in [-0.2, -0.15) is 5.10 Å². The standard InChI is InChI=1S/C20H25N3O5/c1-13-7-16(21-22(13)4)19(24)23(10-15-11-27-20(2,3)28-15)9-14-5-6-17-18(8-14)26-12-25-17/h5-8,15H,9-12H2,1-4H3/t15-/m0/s1. The summed E-state index contributed by atoms with van der Waals surface area (Å²) in [7, 11) is 1.82. The quantitative estimate of drug-likeness (QED) is 0.783. The number of carbonyl (C=O) groups is 1. The minimum Gasteiger partial charge on any atom is -0.454 e. The molecule has 150 valence electrons. The van der Waals surface area contributed by atoms with E-state index in [2.05, 4.69) is 5.10 Å². The second-order valence-corrected chi connectivity index (χ2v) is 7.62. The van der Waals surface area contributed by atoms with E-state index >= 15 is 0 Å². The Balaban J connectivity index is 1.56. The Morgan fingerprint density at radius 1 is 1.29 bits per heavy atom. The van der Waals surface area contributed by atoms with E-state index in [9.17, 15) is 4.79 Å². The van der Waals surface area contributed by atoms with E-state index in [1.165, 1.54) is 0 Å². The van der Waals surface area contributed by atoms with E-state index in [0.29, 0.717) is 31.1 Å². The summed E-state index contributed by atoms with van der Waals surface area (Å²) in [6.45, 7) is 7.15. The normalized spacial score (nSPS) is 19.8. The van der Waals surface area contributed by atoms with Crippen molar-refractivity contribution in [3.8, 4) is 11.5 Å². The van der Waals surface area contributed by atoms with Crippen molar-refractivity contribution in [2.24, 2.45) is 7.05 Å². The fraction of sp³-hybridized carbons (Fsp3) is 0.500. The van der Waals surface area contributed by atoms with E-state index in [0.717, 1.165) is 17.0 Å². The topological polar surface area (TPSA) is 75.1 Å². The van der Waals surface area contributed by atoms with Gasteiger partial charge in [0.25, 0.3) is 5.91 Å². The summed E-state index contributed by atoms with van der Waals surface area (Å²) < 4.78 is 24.1. The van der Waals surface area contributed by atoms with Crippen LogP contribution in [-0.2, 0) is 23.1 Å². The summed E-state index contributed by atoms with van der Waals surface area (Å²) in [6.07, 6.45) is -0.197. The summed E-state index contributed by atoms with van der Waals surface area (Å²) in [5.74, 6) is 0.630. The number of aromatic nitrogens is 2. The van der Waals surface area contributed by atoms with Gasteiger partial charge in [-0.25, -0.2) is 0 Å². The Morgan fingerprint density at radius 2 is 2.07 bits per heavy atom. The van der Waals surface area contributed by atoms with Crippen LogP contribution in [0.1, 0.15) is 35.6 Å². The van der Waals surface area contributed by atoms with Crippen molar-refractivity contribution < 1.29 is 23.7 Å². The van der Waals surface area contributed by atoms with E-state index in [1.54, 1.807) is 15.6 Å². The van der Waals surface area contributed by atoms with Gasteiger partial charge >= 0.3 is 0 Å². The third kappa shape index (κ3) is 3.83. The van der Waals surface area contributed by atoms with Gasteiger partial charge in [0.2, 0.25) is 6.79 Å². The predicted octanol–water partition coefficient (Wildman–Crippen LogP) is 2.25. The van der Waals surface area contributed by atoms with Crippen LogP contribution in [0.15, 0.2) is 24.3 Å². The molecule has 28 heavy (non-hydrogen) atoms. The maximum atomic E-state index is 13.2. The van der Waals surface area contributed by atoms with Gasteiger partial charge in [0.05, 0.1) is 6.61 Å². The highest BCUT2D eigenvalue weighted by Gasteiger charge is 2.35. The molecule has 2 aliphatic heterocycles. The van der Waals surface area contributed by atoms with Gasteiger partial charge in [0.15, 0.2) is 23.0 Å². The van der Waals surface area contributed by atoms with Crippen LogP contribution in [0.5, 0.6) is 11.5 Å². The summed E-state index contributed by atoms with van der Waals surface area (Å²) in [5.41, 5.74) is 2.29. The van der Waals surface area contributed by atoms with Crippen molar-refractivity contribution in [1.29, 1.82) is 0 Å². The number of nitrogens with zero attached hydrogens (tertiary/aromatic N) is 3. The zero-order valence-corrected chi connectivity index (χ0v) is 16.6. The molecule has 1 aromatic carbocycles. The Labute approximate surface area is 163 Å². The molecule has 1 aromatic heterocycles. The maximum Gasteiger partial charge on any atom is 0.274 e. The first-order valence-electron chi connectivity index (χ1n) is 9.31. The minimum absolute atomic E-state index is 0.144. The molecule has 0 aliphatic carbocycles. The highest BCUT2D eigenvalue weighted by Crippen LogP contribution is 2.33. The number of benzene rings is 1. The van der Waals surface area contributed by atoms with Crippen molar-refractivity contribution in [3.63, 3.8) is 0 Å². The number of aryl methyl sites for hydroxylation is 2. The van der Waals surface area contributed by atoms with Crippen LogP contribution < -0.4 is 9.47 Å². The number of amides is 1. The average Bonchev–Trinajstić information content (AvgIpc) is 3.33. The number of fused-ring (bicyclic) bond motifs is 1. The van der Waals surface area contributed by atoms with Crippen LogP contribution in [-0.4, -0.2) is 52.4 Å². The molecule has 0 radical (unpaired) electrons. The second kappa shape index (κ2) is 7.10. The lowest BCUT2D eigenvalue weighted by Gasteiger charge is -2.25. The molecule has 1 atom stereocenters.